The molecule has 0 spiro atoms. The van der Waals surface area contributed by atoms with E-state index in [1.54, 1.807) is 0 Å². The van der Waals surface area contributed by atoms with E-state index in [2.05, 4.69) is 20.9 Å². The van der Waals surface area contributed by atoms with Crippen molar-refractivity contribution in [2.75, 3.05) is 6.61 Å². The van der Waals surface area contributed by atoms with Crippen LogP contribution in [0.4, 0.5) is 13.2 Å². The number of aromatic nitrogens is 2. The van der Waals surface area contributed by atoms with E-state index < -0.39 is 80.2 Å². The van der Waals surface area contributed by atoms with Gasteiger partial charge in [0.1, 0.15) is 5.52 Å². The maximum absolute atomic E-state index is 14.2. The number of nitrogens with zero attached hydrogens (tertiary/aromatic N) is 2. The monoisotopic (exact) mass is 508 g/mol. The lowest BCUT2D eigenvalue weighted by Crippen LogP contribution is -2.82. The Balaban J connectivity index is 2.41. The molecule has 9 nitrogen and oxygen atoms in total. The predicted molar refractivity (Wildman–Crippen MR) is 99.2 cm³/mol. The highest BCUT2D eigenvalue weighted by molar-refractivity contribution is 9.10. The third kappa shape index (κ3) is 2.77. The van der Waals surface area contributed by atoms with Crippen LogP contribution in [-0.2, 0) is 19.1 Å². The minimum Gasteiger partial charge on any atom is -0.376 e. The first kappa shape index (κ1) is 23.5. The number of hydrogen-bond donors (Lipinski definition) is 3. The number of aliphatic hydroxyl groups is 3. The average molecular weight is 509 g/mol. The summed E-state index contributed by atoms with van der Waals surface area (Å²) in [5.41, 5.74) is -11.0. The topological polar surface area (TPSA) is 139 Å². The normalized spacial score (nSPS) is 31.1. The van der Waals surface area contributed by atoms with Crippen LogP contribution in [0.3, 0.4) is 0 Å². The number of ether oxygens (including phenoxy) is 1. The molecule has 1 aliphatic rings. The molecule has 1 fully saturated rings. The predicted octanol–water partition coefficient (Wildman–Crippen LogP) is 0.705. The lowest BCUT2D eigenvalue weighted by atomic mass is 9.63. The zero-order valence-electron chi connectivity index (χ0n) is 16.2. The first-order valence-corrected chi connectivity index (χ1v) is 9.48. The van der Waals surface area contributed by atoms with Gasteiger partial charge in [-0.05, 0) is 36.7 Å². The third-order valence-corrected chi connectivity index (χ3v) is 6.16. The fourth-order valence-electron chi connectivity index (χ4n) is 3.86. The molecule has 0 unspecified atom stereocenters. The summed E-state index contributed by atoms with van der Waals surface area (Å²) in [6, 6.07) is 0.494. The van der Waals surface area contributed by atoms with Gasteiger partial charge in [0.2, 0.25) is 11.2 Å². The Kier molecular flexibility index (Phi) is 5.43. The molecule has 2 heterocycles. The van der Waals surface area contributed by atoms with Gasteiger partial charge in [0.15, 0.2) is 51.4 Å². The summed E-state index contributed by atoms with van der Waals surface area (Å²) in [6.07, 6.45) is -2.12. The molecule has 1 aromatic carbocycles. The van der Waals surface area contributed by atoms with Crippen molar-refractivity contribution in [3.05, 3.63) is 28.3 Å². The van der Waals surface area contributed by atoms with Crippen LogP contribution in [0.5, 0.6) is 0 Å². The van der Waals surface area contributed by atoms with Crippen LogP contribution in [0.15, 0.2) is 10.8 Å². The van der Waals surface area contributed by atoms with Crippen LogP contribution in [0.1, 0.15) is 27.0 Å². The molecule has 1 saturated heterocycles. The Morgan fingerprint density at radius 3 is 2.16 bits per heavy atom. The van der Waals surface area contributed by atoms with E-state index in [9.17, 15) is 42.9 Å². The molecule has 0 radical (unpaired) electrons. The highest BCUT2D eigenvalue weighted by atomic mass is 79.9. The van der Waals surface area contributed by atoms with Crippen molar-refractivity contribution in [3.63, 3.8) is 0 Å². The molecule has 13 heteroatoms. The van der Waals surface area contributed by atoms with Gasteiger partial charge < -0.3 is 20.1 Å². The highest BCUT2D eigenvalue weighted by Gasteiger charge is 2.75. The number of hydrogen-bond acceptors (Lipinski definition) is 8. The van der Waals surface area contributed by atoms with Crippen LogP contribution in [0.25, 0.3) is 11.0 Å². The molecular weight excluding hydrogens is 493 g/mol. The largest absolute Gasteiger partial charge is 0.376 e. The number of benzene rings is 1. The molecule has 2 aromatic rings. The quantitative estimate of drug-likeness (QED) is 0.513. The number of ketones is 3. The number of imidazole rings is 1. The second-order valence-electron chi connectivity index (χ2n) is 7.27. The number of carbonyl (C=O) groups excluding carboxylic acids is 3. The van der Waals surface area contributed by atoms with E-state index in [-0.39, 0.29) is 0 Å². The fraction of sp³-hybridized carbons (Fsp3) is 0.444. The second-order valence-corrected chi connectivity index (χ2v) is 7.98. The summed E-state index contributed by atoms with van der Waals surface area (Å²) in [5, 5.41) is 33.3. The van der Waals surface area contributed by atoms with Gasteiger partial charge in [-0.1, -0.05) is 0 Å². The van der Waals surface area contributed by atoms with Gasteiger partial charge in [-0.2, -0.15) is 0 Å². The van der Waals surface area contributed by atoms with Crippen LogP contribution in [0, 0.1) is 17.5 Å². The zero-order valence-corrected chi connectivity index (χ0v) is 17.8. The molecule has 3 rings (SSSR count). The van der Waals surface area contributed by atoms with Crippen molar-refractivity contribution in [2.45, 2.75) is 43.8 Å². The summed E-state index contributed by atoms with van der Waals surface area (Å²) < 4.78 is 47.3. The lowest BCUT2D eigenvalue weighted by molar-refractivity contribution is -0.310. The summed E-state index contributed by atoms with van der Waals surface area (Å²) in [6.45, 7) is 1.18. The van der Waals surface area contributed by atoms with Gasteiger partial charge in [0.05, 0.1) is 12.1 Å². The molecule has 4 atom stereocenters. The van der Waals surface area contributed by atoms with E-state index in [4.69, 9.17) is 4.74 Å². The highest BCUT2D eigenvalue weighted by Crippen LogP contribution is 2.49. The van der Waals surface area contributed by atoms with Gasteiger partial charge in [0.25, 0.3) is 0 Å². The molecule has 1 aliphatic heterocycles. The minimum absolute atomic E-state index is 0.407. The number of carbonyl (C=O) groups is 3. The van der Waals surface area contributed by atoms with Crippen LogP contribution < -0.4 is 0 Å². The lowest BCUT2D eigenvalue weighted by Gasteiger charge is -2.55. The van der Waals surface area contributed by atoms with Gasteiger partial charge in [0, 0.05) is 6.07 Å². The molecule has 3 N–H and O–H groups in total. The Morgan fingerprint density at radius 1 is 1.10 bits per heavy atom. The number of Topliss-reactive ketones (excluding diaryl/α,β-unsaturated/α-hetero) is 3. The fourth-order valence-corrected chi connectivity index (χ4v) is 4.41. The molecule has 0 aliphatic carbocycles. The van der Waals surface area contributed by atoms with Crippen LogP contribution in [0.2, 0.25) is 0 Å². The standard InChI is InChI=1S/C18H16BrF3N2O7/c1-6(25)16(28)5-31-14(17(29,7(2)26)18(16,30)8(3)27)24-10-4-9(20)11(21)12(22)13(10)23-15(24)19/h4,14,28-30H,5H2,1-3H3/t14-,16+,17+,18-/m1/s1. The molecule has 0 bridgehead atoms. The Hall–Kier alpha value is -2.19. The van der Waals surface area contributed by atoms with E-state index in [0.29, 0.717) is 10.6 Å². The number of rotatable bonds is 4. The molecular formula is C18H16BrF3N2O7. The van der Waals surface area contributed by atoms with Crippen molar-refractivity contribution in [1.82, 2.24) is 9.55 Å². The van der Waals surface area contributed by atoms with Crippen molar-refractivity contribution in [1.29, 1.82) is 0 Å². The first-order valence-electron chi connectivity index (χ1n) is 8.69. The number of fused-ring (bicyclic) bond motifs is 1. The Bertz CT molecular complexity index is 1160. The average Bonchev–Trinajstić information content (AvgIpc) is 3.00. The summed E-state index contributed by atoms with van der Waals surface area (Å²) in [7, 11) is 0. The van der Waals surface area contributed by atoms with Gasteiger partial charge >= 0.3 is 0 Å². The summed E-state index contributed by atoms with van der Waals surface area (Å²) in [5.74, 6) is -9.03. The zero-order chi connectivity index (χ0) is 23.7. The maximum Gasteiger partial charge on any atom is 0.207 e. The van der Waals surface area contributed by atoms with Gasteiger partial charge in [-0.3, -0.25) is 19.0 Å². The second kappa shape index (κ2) is 7.17. The molecule has 1 aromatic heterocycles. The van der Waals surface area contributed by atoms with Crippen LogP contribution in [-0.4, -0.2) is 65.6 Å². The summed E-state index contributed by atoms with van der Waals surface area (Å²) >= 11 is 2.90. The molecule has 0 saturated carbocycles. The van der Waals surface area contributed by atoms with Crippen LogP contribution >= 0.6 is 15.9 Å². The molecule has 31 heavy (non-hydrogen) atoms. The van der Waals surface area contributed by atoms with E-state index in [0.717, 1.165) is 20.8 Å². The first-order chi connectivity index (χ1) is 14.2. The molecule has 0 amide bonds. The minimum atomic E-state index is -3.42. The van der Waals surface area contributed by atoms with E-state index >= 15 is 0 Å². The Morgan fingerprint density at radius 2 is 1.68 bits per heavy atom. The number of halogens is 4. The van der Waals surface area contributed by atoms with Gasteiger partial charge in [-0.15, -0.1) is 0 Å². The van der Waals surface area contributed by atoms with Crippen molar-refractivity contribution in [2.24, 2.45) is 0 Å². The molecule has 168 valence electrons. The Labute approximate surface area is 180 Å². The van der Waals surface area contributed by atoms with Crippen molar-refractivity contribution >= 4 is 44.3 Å². The smallest absolute Gasteiger partial charge is 0.207 e. The van der Waals surface area contributed by atoms with Crippen molar-refractivity contribution < 1.29 is 47.6 Å². The third-order valence-electron chi connectivity index (χ3n) is 5.60. The summed E-state index contributed by atoms with van der Waals surface area (Å²) in [4.78, 5) is 40.8. The van der Waals surface area contributed by atoms with Gasteiger partial charge in [-0.25, -0.2) is 18.2 Å². The van der Waals surface area contributed by atoms with E-state index in [1.165, 1.54) is 0 Å². The SMILES string of the molecule is CC(=O)[C@@]1(O)[C@@](O)(C(C)=O)CO[C@@H](n2c(Br)nc3c(F)c(F)c(F)cc32)[C@@]1(O)C(C)=O. The maximum atomic E-state index is 14.2. The van der Waals surface area contributed by atoms with E-state index in [1.807, 2.05) is 0 Å². The van der Waals surface area contributed by atoms with Crippen molar-refractivity contribution in [3.8, 4) is 0 Å².